The zero-order valence-electron chi connectivity index (χ0n) is 17.7. The molecule has 2 aromatic carbocycles. The van der Waals surface area contributed by atoms with Crippen molar-refractivity contribution in [1.29, 1.82) is 0 Å². The van der Waals surface area contributed by atoms with Gasteiger partial charge in [0.25, 0.3) is 0 Å². The molecule has 0 radical (unpaired) electrons. The first-order valence-corrected chi connectivity index (χ1v) is 10.9. The number of nitrogens with two attached hydrogens (primary N) is 1. The van der Waals surface area contributed by atoms with Gasteiger partial charge in [-0.1, -0.05) is 23.7 Å². The minimum atomic E-state index is -0.836. The Morgan fingerprint density at radius 3 is 2.65 bits per heavy atom. The minimum Gasteiger partial charge on any atom is -0.381 e. The van der Waals surface area contributed by atoms with E-state index in [0.29, 0.717) is 16.7 Å². The molecule has 2 spiro atoms. The number of hydroxylamine groups is 2. The predicted octanol–water partition coefficient (Wildman–Crippen LogP) is 5.03. The monoisotopic (exact) mass is 436 g/mol. The molecule has 2 aromatic rings. The second-order valence-corrected chi connectivity index (χ2v) is 9.21. The SMILES string of the molecule is [C-]#[N+]c1cc(Cl)cc(-c2ccc3c(c2)C2(N=C(N)N(C)O2)C2(CCC(OC)CC2)C3)c1. The summed E-state index contributed by atoms with van der Waals surface area (Å²) in [6, 6.07) is 11.8. The second kappa shape index (κ2) is 7.23. The smallest absolute Gasteiger partial charge is 0.220 e. The molecule has 3 aliphatic rings. The largest absolute Gasteiger partial charge is 0.381 e. The zero-order chi connectivity index (χ0) is 21.8. The number of halogens is 1. The summed E-state index contributed by atoms with van der Waals surface area (Å²) in [5.41, 5.74) is 9.92. The van der Waals surface area contributed by atoms with E-state index < -0.39 is 5.72 Å². The molecule has 2 N–H and O–H groups in total. The Hall–Kier alpha value is -2.59. The van der Waals surface area contributed by atoms with Crippen molar-refractivity contribution in [2.45, 2.75) is 43.9 Å². The molecule has 1 unspecified atom stereocenters. The average molecular weight is 437 g/mol. The Balaban J connectivity index is 1.63. The van der Waals surface area contributed by atoms with E-state index in [4.69, 9.17) is 38.5 Å². The van der Waals surface area contributed by atoms with Gasteiger partial charge < -0.3 is 10.5 Å². The molecule has 1 saturated carbocycles. The van der Waals surface area contributed by atoms with Crippen LogP contribution in [0.5, 0.6) is 0 Å². The van der Waals surface area contributed by atoms with E-state index in [-0.39, 0.29) is 11.5 Å². The number of fused-ring (bicyclic) bond motifs is 3. The van der Waals surface area contributed by atoms with E-state index in [2.05, 4.69) is 23.0 Å². The lowest BCUT2D eigenvalue weighted by molar-refractivity contribution is -0.232. The summed E-state index contributed by atoms with van der Waals surface area (Å²) in [6.45, 7) is 7.36. The summed E-state index contributed by atoms with van der Waals surface area (Å²) >= 11 is 6.27. The van der Waals surface area contributed by atoms with E-state index in [1.807, 2.05) is 19.2 Å². The van der Waals surface area contributed by atoms with E-state index >= 15 is 0 Å². The summed E-state index contributed by atoms with van der Waals surface area (Å²) in [5.74, 6) is 0.393. The van der Waals surface area contributed by atoms with Crippen LogP contribution in [0.3, 0.4) is 0 Å². The number of aliphatic imine (C=N–C) groups is 1. The van der Waals surface area contributed by atoms with Crippen LogP contribution in [-0.2, 0) is 21.7 Å². The third-order valence-electron chi connectivity index (χ3n) is 7.15. The Kier molecular flexibility index (Phi) is 4.74. The summed E-state index contributed by atoms with van der Waals surface area (Å²) in [7, 11) is 3.59. The van der Waals surface area contributed by atoms with Gasteiger partial charge in [-0.25, -0.2) is 19.7 Å². The van der Waals surface area contributed by atoms with Gasteiger partial charge in [0, 0.05) is 30.2 Å². The first-order valence-electron chi connectivity index (χ1n) is 10.5. The number of nitrogens with zero attached hydrogens (tertiary/aromatic N) is 3. The molecule has 5 rings (SSSR count). The summed E-state index contributed by atoms with van der Waals surface area (Å²) in [5, 5.41) is 2.13. The maximum atomic E-state index is 7.36. The first-order chi connectivity index (χ1) is 14.9. The molecule has 0 bridgehead atoms. The van der Waals surface area contributed by atoms with Gasteiger partial charge >= 0.3 is 0 Å². The van der Waals surface area contributed by atoms with Gasteiger partial charge in [-0.2, -0.15) is 0 Å². The maximum Gasteiger partial charge on any atom is 0.220 e. The third kappa shape index (κ3) is 3.03. The highest BCUT2D eigenvalue weighted by molar-refractivity contribution is 6.31. The van der Waals surface area contributed by atoms with E-state index in [1.165, 1.54) is 5.56 Å². The van der Waals surface area contributed by atoms with Crippen LogP contribution < -0.4 is 5.73 Å². The van der Waals surface area contributed by atoms with Crippen molar-refractivity contribution in [3.05, 3.63) is 64.0 Å². The lowest BCUT2D eigenvalue weighted by Gasteiger charge is -2.45. The lowest BCUT2D eigenvalue weighted by Crippen LogP contribution is -2.46. The molecular formula is C24H25ClN4O2. The minimum absolute atomic E-state index is 0.158. The van der Waals surface area contributed by atoms with Gasteiger partial charge in [0.05, 0.1) is 12.7 Å². The standard InChI is InChI=1S/C24H25ClN4O2/c1-27-19-11-17(10-18(25)13-19)15-4-5-16-14-23(8-6-20(30-3)7-9-23)24(21(16)12-15)28-22(26)29(2)31-24/h4-5,10-13,20H,6-9,14H2,2-3H3,(H2,26,28). The highest BCUT2D eigenvalue weighted by atomic mass is 35.5. The van der Waals surface area contributed by atoms with Crippen LogP contribution >= 0.6 is 11.6 Å². The van der Waals surface area contributed by atoms with Gasteiger partial charge in [-0.15, -0.1) is 0 Å². The Labute approximate surface area is 187 Å². The van der Waals surface area contributed by atoms with Gasteiger partial charge in [0.15, 0.2) is 5.69 Å². The van der Waals surface area contributed by atoms with Crippen molar-refractivity contribution in [2.24, 2.45) is 16.1 Å². The van der Waals surface area contributed by atoms with Crippen LogP contribution in [-0.4, -0.2) is 31.3 Å². The number of hydrogen-bond acceptors (Lipinski definition) is 5. The number of hydrogen-bond donors (Lipinski definition) is 1. The quantitative estimate of drug-likeness (QED) is 0.670. The number of guanidine groups is 1. The Morgan fingerprint density at radius 2 is 2.00 bits per heavy atom. The molecule has 1 fully saturated rings. The summed E-state index contributed by atoms with van der Waals surface area (Å²) in [6.07, 6.45) is 5.04. The third-order valence-corrected chi connectivity index (χ3v) is 7.37. The molecule has 2 aliphatic carbocycles. The number of benzene rings is 2. The van der Waals surface area contributed by atoms with Gasteiger partial charge in [0.1, 0.15) is 0 Å². The van der Waals surface area contributed by atoms with Crippen LogP contribution in [0.15, 0.2) is 41.4 Å². The van der Waals surface area contributed by atoms with Crippen LogP contribution in [0.25, 0.3) is 16.0 Å². The normalized spacial score (nSPS) is 29.3. The van der Waals surface area contributed by atoms with Gasteiger partial charge in [0.2, 0.25) is 11.7 Å². The van der Waals surface area contributed by atoms with Crippen molar-refractivity contribution in [1.82, 2.24) is 5.06 Å². The fraction of sp³-hybridized carbons (Fsp3) is 0.417. The second-order valence-electron chi connectivity index (χ2n) is 8.78. The summed E-state index contributed by atoms with van der Waals surface area (Å²) < 4.78 is 5.63. The molecule has 1 atom stereocenters. The van der Waals surface area contributed by atoms with Crippen molar-refractivity contribution in [3.8, 4) is 11.1 Å². The van der Waals surface area contributed by atoms with E-state index in [1.54, 1.807) is 18.2 Å². The molecule has 0 amide bonds. The zero-order valence-corrected chi connectivity index (χ0v) is 18.4. The number of methoxy groups -OCH3 is 1. The van der Waals surface area contributed by atoms with Gasteiger partial charge in [-0.05, 0) is 73.1 Å². The molecule has 1 heterocycles. The number of rotatable bonds is 2. The van der Waals surface area contributed by atoms with E-state index in [0.717, 1.165) is 48.8 Å². The molecule has 0 saturated heterocycles. The van der Waals surface area contributed by atoms with Crippen molar-refractivity contribution in [3.63, 3.8) is 0 Å². The van der Waals surface area contributed by atoms with Crippen LogP contribution in [0, 0.1) is 12.0 Å². The molecule has 1 aliphatic heterocycles. The lowest BCUT2D eigenvalue weighted by atomic mass is 9.66. The Morgan fingerprint density at radius 1 is 1.23 bits per heavy atom. The van der Waals surface area contributed by atoms with Crippen LogP contribution in [0.4, 0.5) is 5.69 Å². The fourth-order valence-corrected chi connectivity index (χ4v) is 5.75. The van der Waals surface area contributed by atoms with E-state index in [9.17, 15) is 0 Å². The average Bonchev–Trinajstić information content (AvgIpc) is 3.21. The fourth-order valence-electron chi connectivity index (χ4n) is 5.52. The predicted molar refractivity (Wildman–Crippen MR) is 121 cm³/mol. The number of ether oxygens (including phenoxy) is 1. The van der Waals surface area contributed by atoms with Crippen molar-refractivity contribution in [2.75, 3.05) is 14.2 Å². The molecule has 160 valence electrons. The molecule has 7 heteroatoms. The van der Waals surface area contributed by atoms with Crippen LogP contribution in [0.1, 0.15) is 36.8 Å². The Bertz CT molecular complexity index is 1120. The first kappa shape index (κ1) is 20.3. The highest BCUT2D eigenvalue weighted by Crippen LogP contribution is 2.62. The maximum absolute atomic E-state index is 7.36. The molecule has 31 heavy (non-hydrogen) atoms. The summed E-state index contributed by atoms with van der Waals surface area (Å²) in [4.78, 5) is 14.9. The van der Waals surface area contributed by atoms with Crippen molar-refractivity contribution < 1.29 is 9.57 Å². The van der Waals surface area contributed by atoms with Crippen molar-refractivity contribution >= 4 is 23.2 Å². The molecular weight excluding hydrogens is 412 g/mol. The topological polar surface area (TPSA) is 64.4 Å². The molecule has 6 nitrogen and oxygen atoms in total. The van der Waals surface area contributed by atoms with Gasteiger partial charge in [-0.3, -0.25) is 0 Å². The van der Waals surface area contributed by atoms with Crippen LogP contribution in [0.2, 0.25) is 5.02 Å². The molecule has 0 aromatic heterocycles. The highest BCUT2D eigenvalue weighted by Gasteiger charge is 2.63.